The van der Waals surface area contributed by atoms with Crippen LogP contribution in [0.25, 0.3) is 10.2 Å². The lowest BCUT2D eigenvalue weighted by Gasteiger charge is -2.47. The predicted octanol–water partition coefficient (Wildman–Crippen LogP) is 7.91. The summed E-state index contributed by atoms with van der Waals surface area (Å²) in [7, 11) is 4.09. The Labute approximate surface area is 274 Å². The number of halogens is 1. The molecule has 2 aliphatic carbocycles. The van der Waals surface area contributed by atoms with E-state index in [0.29, 0.717) is 42.9 Å². The van der Waals surface area contributed by atoms with Crippen LogP contribution in [0.4, 0.5) is 5.69 Å². The van der Waals surface area contributed by atoms with Gasteiger partial charge in [0.2, 0.25) is 0 Å². The Morgan fingerprint density at radius 3 is 2.71 bits per heavy atom. The number of anilines is 1. The zero-order valence-electron chi connectivity index (χ0n) is 26.2. The van der Waals surface area contributed by atoms with Crippen molar-refractivity contribution in [2.24, 2.45) is 11.8 Å². The van der Waals surface area contributed by atoms with Gasteiger partial charge in [0.05, 0.1) is 16.8 Å². The third kappa shape index (κ3) is 6.64. The summed E-state index contributed by atoms with van der Waals surface area (Å²) in [6.45, 7) is 4.35. The first-order chi connectivity index (χ1) is 21.7. The maximum atomic E-state index is 12.9. The van der Waals surface area contributed by atoms with Gasteiger partial charge in [-0.25, -0.2) is 4.79 Å². The maximum Gasteiger partial charge on any atom is 0.329 e. The molecule has 1 saturated carbocycles. The topological polar surface area (TPSA) is 83.9 Å². The number of nitrogens with one attached hydrogen (secondary N) is 1. The van der Waals surface area contributed by atoms with Crippen LogP contribution < -0.4 is 14.8 Å². The molecular weight excluding hydrogens is 606 g/mol. The predicted molar refractivity (Wildman–Crippen MR) is 182 cm³/mol. The van der Waals surface area contributed by atoms with E-state index in [2.05, 4.69) is 40.3 Å². The fourth-order valence-electron chi connectivity index (χ4n) is 7.41. The molecule has 1 spiro atoms. The van der Waals surface area contributed by atoms with Gasteiger partial charge in [-0.05, 0) is 129 Å². The molecule has 4 aromatic rings. The molecule has 45 heavy (non-hydrogen) atoms. The second-order valence-electron chi connectivity index (χ2n) is 13.1. The average Bonchev–Trinajstić information content (AvgIpc) is 3.60. The molecule has 0 radical (unpaired) electrons. The van der Waals surface area contributed by atoms with E-state index < -0.39 is 11.5 Å². The number of nitrogens with zero attached hydrogens (tertiary/aromatic N) is 2. The number of fused-ring (bicyclic) bond motifs is 3. The molecule has 238 valence electrons. The van der Waals surface area contributed by atoms with E-state index in [9.17, 15) is 9.90 Å². The average molecular weight is 648 g/mol. The fourth-order valence-corrected chi connectivity index (χ4v) is 8.41. The first-order valence-electron chi connectivity index (χ1n) is 15.8. The van der Waals surface area contributed by atoms with Crippen molar-refractivity contribution in [3.63, 3.8) is 0 Å². The number of carboxylic acids is 1. The molecule has 2 aliphatic rings. The van der Waals surface area contributed by atoms with Gasteiger partial charge in [0.15, 0.2) is 0 Å². The van der Waals surface area contributed by atoms with Gasteiger partial charge >= 0.3 is 5.97 Å². The third-order valence-electron chi connectivity index (χ3n) is 9.80. The second-order valence-corrected chi connectivity index (χ2v) is 14.5. The standard InChI is InChI=1S/C36H42ClN3O4S/c1-24(23-44-32-9-15-38-31-10-18-45-33(31)32)19-26-20-25-7-8-29(43-17-16-40(2)3)22-30(25)35(26)11-13-36(14-12-35,34(41)42)39-28-6-4-5-27(37)21-28/h4-10,15,18,21-22,24,26,39H,11-14,16-17,19-20,23H2,1-3H3,(H,41,42)/t24-,26-,35?,36?/m1/s1. The molecule has 6 rings (SSSR count). The summed E-state index contributed by atoms with van der Waals surface area (Å²) in [5, 5.41) is 16.6. The number of carbonyl (C=O) groups is 1. The van der Waals surface area contributed by atoms with Gasteiger partial charge in [0, 0.05) is 23.5 Å². The minimum Gasteiger partial charge on any atom is -0.492 e. The molecule has 0 aliphatic heterocycles. The largest absolute Gasteiger partial charge is 0.492 e. The molecule has 1 fully saturated rings. The molecule has 2 aromatic carbocycles. The first-order valence-corrected chi connectivity index (χ1v) is 17.1. The molecule has 7 nitrogen and oxygen atoms in total. The monoisotopic (exact) mass is 647 g/mol. The van der Waals surface area contributed by atoms with Crippen LogP contribution in [0.15, 0.2) is 66.2 Å². The summed E-state index contributed by atoms with van der Waals surface area (Å²) < 4.78 is 13.7. The molecule has 0 bridgehead atoms. The zero-order valence-corrected chi connectivity index (χ0v) is 27.8. The highest BCUT2D eigenvalue weighted by molar-refractivity contribution is 7.17. The van der Waals surface area contributed by atoms with E-state index in [0.717, 1.165) is 59.6 Å². The van der Waals surface area contributed by atoms with Gasteiger partial charge in [-0.15, -0.1) is 11.3 Å². The van der Waals surface area contributed by atoms with Crippen molar-refractivity contribution in [1.82, 2.24) is 9.88 Å². The SMILES string of the molecule is C[C@@H](COc1ccnc2ccsc12)C[C@@H]1Cc2ccc(OCCN(C)C)cc2C12CCC(Nc1cccc(Cl)c1)(C(=O)O)CC2. The van der Waals surface area contributed by atoms with E-state index in [1.807, 2.05) is 49.9 Å². The van der Waals surface area contributed by atoms with Crippen LogP contribution in [0.5, 0.6) is 11.5 Å². The molecule has 2 heterocycles. The van der Waals surface area contributed by atoms with E-state index in [1.165, 1.54) is 11.1 Å². The van der Waals surface area contributed by atoms with Crippen molar-refractivity contribution in [2.45, 2.75) is 56.4 Å². The molecule has 2 aromatic heterocycles. The van der Waals surface area contributed by atoms with Gasteiger partial charge in [-0.1, -0.05) is 30.7 Å². The van der Waals surface area contributed by atoms with Gasteiger partial charge in [-0.2, -0.15) is 0 Å². The molecule has 2 atom stereocenters. The van der Waals surface area contributed by atoms with Crippen molar-refractivity contribution in [3.8, 4) is 11.5 Å². The molecular formula is C36H42ClN3O4S. The molecule has 0 saturated heterocycles. The van der Waals surface area contributed by atoms with Crippen LogP contribution in [0.1, 0.15) is 50.2 Å². The Bertz CT molecular complexity index is 1650. The van der Waals surface area contributed by atoms with E-state index in [4.69, 9.17) is 21.1 Å². The number of aromatic nitrogens is 1. The lowest BCUT2D eigenvalue weighted by molar-refractivity contribution is -0.144. The number of benzene rings is 2. The molecule has 0 unspecified atom stereocenters. The zero-order chi connectivity index (χ0) is 31.6. The number of carboxylic acid groups (broad SMARTS) is 1. The number of rotatable bonds is 12. The number of hydrogen-bond donors (Lipinski definition) is 2. The van der Waals surface area contributed by atoms with Gasteiger partial charge < -0.3 is 24.8 Å². The number of thiophene rings is 1. The summed E-state index contributed by atoms with van der Waals surface area (Å²) in [6, 6.07) is 17.9. The van der Waals surface area contributed by atoms with Crippen LogP contribution in [0.3, 0.4) is 0 Å². The highest BCUT2D eigenvalue weighted by Crippen LogP contribution is 2.56. The van der Waals surface area contributed by atoms with Crippen LogP contribution in [-0.2, 0) is 16.6 Å². The number of aliphatic carboxylic acids is 1. The van der Waals surface area contributed by atoms with Gasteiger partial charge in [0.25, 0.3) is 0 Å². The summed E-state index contributed by atoms with van der Waals surface area (Å²) >= 11 is 7.91. The molecule has 9 heteroatoms. The normalized spacial score (nSPS) is 23.3. The minimum absolute atomic E-state index is 0.128. The second kappa shape index (κ2) is 13.2. The Kier molecular flexibility index (Phi) is 9.27. The number of likely N-dealkylation sites (N-methyl/N-ethyl adjacent to an activating group) is 1. The van der Waals surface area contributed by atoms with E-state index in [-0.39, 0.29) is 5.41 Å². The first kappa shape index (κ1) is 31.6. The lowest BCUT2D eigenvalue weighted by atomic mass is 9.59. The van der Waals surface area contributed by atoms with Crippen molar-refractivity contribution in [1.29, 1.82) is 0 Å². The summed E-state index contributed by atoms with van der Waals surface area (Å²) in [5.41, 5.74) is 3.21. The van der Waals surface area contributed by atoms with Crippen LogP contribution in [0, 0.1) is 11.8 Å². The Morgan fingerprint density at radius 1 is 1.13 bits per heavy atom. The van der Waals surface area contributed by atoms with Crippen molar-refractivity contribution >= 4 is 44.8 Å². The van der Waals surface area contributed by atoms with E-state index >= 15 is 0 Å². The number of pyridine rings is 1. The van der Waals surface area contributed by atoms with Crippen LogP contribution in [0.2, 0.25) is 5.02 Å². The van der Waals surface area contributed by atoms with Crippen molar-refractivity contribution in [2.75, 3.05) is 39.2 Å². The van der Waals surface area contributed by atoms with Gasteiger partial charge in [0.1, 0.15) is 23.6 Å². The Morgan fingerprint density at radius 2 is 1.96 bits per heavy atom. The third-order valence-corrected chi connectivity index (χ3v) is 11.0. The Hall–Kier alpha value is -3.33. The molecule has 2 N–H and O–H groups in total. The smallest absolute Gasteiger partial charge is 0.329 e. The summed E-state index contributed by atoms with van der Waals surface area (Å²) in [4.78, 5) is 19.4. The fraction of sp³-hybridized carbons (Fsp3) is 0.444. The number of hydrogen-bond acceptors (Lipinski definition) is 7. The van der Waals surface area contributed by atoms with Crippen molar-refractivity contribution in [3.05, 3.63) is 82.3 Å². The highest BCUT2D eigenvalue weighted by atomic mass is 35.5. The maximum absolute atomic E-state index is 12.9. The van der Waals surface area contributed by atoms with Crippen LogP contribution >= 0.6 is 22.9 Å². The van der Waals surface area contributed by atoms with Crippen LogP contribution in [-0.4, -0.2) is 60.4 Å². The quantitative estimate of drug-likeness (QED) is 0.162. The summed E-state index contributed by atoms with van der Waals surface area (Å²) in [6.07, 6.45) is 6.38. The van der Waals surface area contributed by atoms with E-state index in [1.54, 1.807) is 23.5 Å². The minimum atomic E-state index is -1.05. The number of ether oxygens (including phenoxy) is 2. The van der Waals surface area contributed by atoms with Gasteiger partial charge in [-0.3, -0.25) is 4.98 Å². The molecule has 0 amide bonds. The Balaban J connectivity index is 1.24. The lowest BCUT2D eigenvalue weighted by Crippen LogP contribution is -2.53. The highest BCUT2D eigenvalue weighted by Gasteiger charge is 2.54. The summed E-state index contributed by atoms with van der Waals surface area (Å²) in [5.74, 6) is 1.65. The van der Waals surface area contributed by atoms with Crippen molar-refractivity contribution < 1.29 is 19.4 Å².